The molecule has 7 nitrogen and oxygen atoms in total. The SMILES string of the molecule is COc1ccc(S(=O)(=O)N(CC(=O)N/N=C\c2cccc(Cl)c2)c2ccc(C)cc2)cc1. The lowest BCUT2D eigenvalue weighted by molar-refractivity contribution is -0.119. The third kappa shape index (κ3) is 5.87. The largest absolute Gasteiger partial charge is 0.497 e. The molecule has 32 heavy (non-hydrogen) atoms. The molecule has 3 rings (SSSR count). The monoisotopic (exact) mass is 471 g/mol. The van der Waals surface area contributed by atoms with Gasteiger partial charge in [0, 0.05) is 5.02 Å². The van der Waals surface area contributed by atoms with Crippen LogP contribution in [0.5, 0.6) is 5.75 Å². The van der Waals surface area contributed by atoms with Gasteiger partial charge in [0.05, 0.1) is 23.9 Å². The number of hydrogen-bond acceptors (Lipinski definition) is 5. The van der Waals surface area contributed by atoms with Crippen LogP contribution in [-0.2, 0) is 14.8 Å². The molecule has 1 amide bonds. The number of nitrogens with zero attached hydrogens (tertiary/aromatic N) is 2. The third-order valence-corrected chi connectivity index (χ3v) is 6.53. The van der Waals surface area contributed by atoms with Gasteiger partial charge < -0.3 is 4.74 Å². The van der Waals surface area contributed by atoms with Crippen LogP contribution in [-0.4, -0.2) is 34.2 Å². The second kappa shape index (κ2) is 10.3. The van der Waals surface area contributed by atoms with Crippen molar-refractivity contribution in [3.05, 3.63) is 88.9 Å². The van der Waals surface area contributed by atoms with E-state index in [1.165, 1.54) is 25.5 Å². The molecule has 0 saturated carbocycles. The summed E-state index contributed by atoms with van der Waals surface area (Å²) < 4.78 is 32.8. The molecule has 0 aliphatic carbocycles. The number of carbonyl (C=O) groups excluding carboxylic acids is 1. The van der Waals surface area contributed by atoms with Crippen molar-refractivity contribution in [1.29, 1.82) is 0 Å². The number of sulfonamides is 1. The van der Waals surface area contributed by atoms with Gasteiger partial charge in [0.25, 0.3) is 15.9 Å². The molecule has 0 saturated heterocycles. The molecule has 1 N–H and O–H groups in total. The van der Waals surface area contributed by atoms with Crippen molar-refractivity contribution in [2.45, 2.75) is 11.8 Å². The summed E-state index contributed by atoms with van der Waals surface area (Å²) in [5.74, 6) is -0.0696. The zero-order valence-corrected chi connectivity index (χ0v) is 19.1. The first-order valence-electron chi connectivity index (χ1n) is 9.60. The maximum atomic E-state index is 13.3. The summed E-state index contributed by atoms with van der Waals surface area (Å²) in [6, 6.07) is 19.8. The summed E-state index contributed by atoms with van der Waals surface area (Å²) >= 11 is 5.93. The summed E-state index contributed by atoms with van der Waals surface area (Å²) in [6.07, 6.45) is 1.43. The number of nitrogens with one attached hydrogen (secondary N) is 1. The molecular formula is C23H22ClN3O4S. The predicted octanol–water partition coefficient (Wildman–Crippen LogP) is 4.00. The number of amides is 1. The third-order valence-electron chi connectivity index (χ3n) is 4.51. The van der Waals surface area contributed by atoms with Crippen LogP contribution in [0.3, 0.4) is 0 Å². The average Bonchev–Trinajstić information content (AvgIpc) is 2.78. The van der Waals surface area contributed by atoms with Crippen LogP contribution in [0.2, 0.25) is 5.02 Å². The standard InChI is InChI=1S/C23H22ClN3O4S/c1-17-6-8-20(9-7-17)27(32(29,30)22-12-10-21(31-2)11-13-22)16-23(28)26-25-15-18-4-3-5-19(24)14-18/h3-15H,16H2,1-2H3,(H,26,28)/b25-15-. The molecular weight excluding hydrogens is 450 g/mol. The first-order chi connectivity index (χ1) is 15.3. The van der Waals surface area contributed by atoms with Crippen LogP contribution in [0, 0.1) is 6.92 Å². The average molecular weight is 472 g/mol. The van der Waals surface area contributed by atoms with E-state index in [9.17, 15) is 13.2 Å². The lowest BCUT2D eigenvalue weighted by Gasteiger charge is -2.24. The van der Waals surface area contributed by atoms with E-state index < -0.39 is 22.5 Å². The fourth-order valence-corrected chi connectivity index (χ4v) is 4.45. The Hall–Kier alpha value is -3.36. The molecule has 166 valence electrons. The second-order valence-corrected chi connectivity index (χ2v) is 9.17. The molecule has 3 aromatic carbocycles. The highest BCUT2D eigenvalue weighted by molar-refractivity contribution is 7.92. The van der Waals surface area contributed by atoms with Gasteiger partial charge in [0.2, 0.25) is 0 Å². The molecule has 0 radical (unpaired) electrons. The van der Waals surface area contributed by atoms with Crippen LogP contribution in [0.1, 0.15) is 11.1 Å². The number of ether oxygens (including phenoxy) is 1. The van der Waals surface area contributed by atoms with Crippen molar-refractivity contribution in [3.8, 4) is 5.75 Å². The Balaban J connectivity index is 1.84. The molecule has 0 heterocycles. The van der Waals surface area contributed by atoms with Gasteiger partial charge in [-0.3, -0.25) is 9.10 Å². The van der Waals surface area contributed by atoms with Crippen molar-refractivity contribution in [2.24, 2.45) is 5.10 Å². The van der Waals surface area contributed by atoms with Crippen molar-refractivity contribution < 1.29 is 17.9 Å². The van der Waals surface area contributed by atoms with Gasteiger partial charge in [0.15, 0.2) is 0 Å². The van der Waals surface area contributed by atoms with Gasteiger partial charge in [-0.2, -0.15) is 5.10 Å². The van der Waals surface area contributed by atoms with E-state index in [4.69, 9.17) is 16.3 Å². The molecule has 0 bridgehead atoms. The topological polar surface area (TPSA) is 88.1 Å². The van der Waals surface area contributed by atoms with Crippen LogP contribution in [0.4, 0.5) is 5.69 Å². The molecule has 0 spiro atoms. The zero-order valence-electron chi connectivity index (χ0n) is 17.5. The van der Waals surface area contributed by atoms with Gasteiger partial charge in [-0.15, -0.1) is 0 Å². The number of methoxy groups -OCH3 is 1. The number of aryl methyl sites for hydroxylation is 1. The van der Waals surface area contributed by atoms with E-state index in [1.807, 2.05) is 6.92 Å². The Labute approximate surface area is 192 Å². The Morgan fingerprint density at radius 3 is 2.41 bits per heavy atom. The Bertz CT molecular complexity index is 1210. The molecule has 0 aromatic heterocycles. The van der Waals surface area contributed by atoms with Gasteiger partial charge in [-0.05, 0) is 61.0 Å². The van der Waals surface area contributed by atoms with Crippen molar-refractivity contribution in [1.82, 2.24) is 5.43 Å². The molecule has 0 unspecified atom stereocenters. The number of halogens is 1. The normalized spacial score (nSPS) is 11.3. The van der Waals surface area contributed by atoms with E-state index in [-0.39, 0.29) is 4.90 Å². The van der Waals surface area contributed by atoms with Crippen LogP contribution >= 0.6 is 11.6 Å². The number of hydrogen-bond donors (Lipinski definition) is 1. The van der Waals surface area contributed by atoms with Crippen LogP contribution in [0.25, 0.3) is 0 Å². The summed E-state index contributed by atoms with van der Waals surface area (Å²) in [6.45, 7) is 1.44. The Morgan fingerprint density at radius 1 is 1.09 bits per heavy atom. The fraction of sp³-hybridized carbons (Fsp3) is 0.130. The summed E-state index contributed by atoms with van der Waals surface area (Å²) in [7, 11) is -2.53. The molecule has 0 aliphatic heterocycles. The van der Waals surface area contributed by atoms with Crippen molar-refractivity contribution in [3.63, 3.8) is 0 Å². The quantitative estimate of drug-likeness (QED) is 0.397. The number of anilines is 1. The summed E-state index contributed by atoms with van der Waals surface area (Å²) in [5, 5.41) is 4.44. The molecule has 9 heteroatoms. The first kappa shape index (κ1) is 23.3. The maximum absolute atomic E-state index is 13.3. The van der Waals surface area contributed by atoms with E-state index in [0.29, 0.717) is 22.0 Å². The number of benzene rings is 3. The summed E-state index contributed by atoms with van der Waals surface area (Å²) in [5.41, 5.74) is 4.38. The Kier molecular flexibility index (Phi) is 7.50. The van der Waals surface area contributed by atoms with Crippen molar-refractivity contribution in [2.75, 3.05) is 18.0 Å². The first-order valence-corrected chi connectivity index (χ1v) is 11.4. The molecule has 0 fully saturated rings. The smallest absolute Gasteiger partial charge is 0.264 e. The maximum Gasteiger partial charge on any atom is 0.264 e. The van der Waals surface area contributed by atoms with E-state index in [1.54, 1.807) is 60.7 Å². The fourth-order valence-electron chi connectivity index (χ4n) is 2.83. The van der Waals surface area contributed by atoms with Crippen LogP contribution in [0.15, 0.2) is 82.8 Å². The van der Waals surface area contributed by atoms with Gasteiger partial charge in [-0.25, -0.2) is 13.8 Å². The van der Waals surface area contributed by atoms with Crippen molar-refractivity contribution >= 4 is 39.4 Å². The molecule has 0 atom stereocenters. The highest BCUT2D eigenvalue weighted by Gasteiger charge is 2.27. The van der Waals surface area contributed by atoms with E-state index >= 15 is 0 Å². The van der Waals surface area contributed by atoms with E-state index in [2.05, 4.69) is 10.5 Å². The minimum Gasteiger partial charge on any atom is -0.497 e. The van der Waals surface area contributed by atoms with Crippen LogP contribution < -0.4 is 14.5 Å². The lowest BCUT2D eigenvalue weighted by Crippen LogP contribution is -2.39. The van der Waals surface area contributed by atoms with Gasteiger partial charge in [-0.1, -0.05) is 41.4 Å². The molecule has 0 aliphatic rings. The zero-order chi connectivity index (χ0) is 23.1. The second-order valence-electron chi connectivity index (χ2n) is 6.87. The Morgan fingerprint density at radius 2 is 1.78 bits per heavy atom. The highest BCUT2D eigenvalue weighted by atomic mass is 35.5. The van der Waals surface area contributed by atoms with Gasteiger partial charge in [0.1, 0.15) is 12.3 Å². The summed E-state index contributed by atoms with van der Waals surface area (Å²) in [4.78, 5) is 12.6. The minimum atomic E-state index is -4.02. The predicted molar refractivity (Wildman–Crippen MR) is 126 cm³/mol. The minimum absolute atomic E-state index is 0.0362. The number of carbonyl (C=O) groups is 1. The number of rotatable bonds is 8. The number of hydrazone groups is 1. The lowest BCUT2D eigenvalue weighted by atomic mass is 10.2. The van der Waals surface area contributed by atoms with E-state index in [0.717, 1.165) is 9.87 Å². The highest BCUT2D eigenvalue weighted by Crippen LogP contribution is 2.25. The molecule has 3 aromatic rings. The van der Waals surface area contributed by atoms with Gasteiger partial charge >= 0.3 is 0 Å².